The van der Waals surface area contributed by atoms with E-state index >= 15 is 0 Å². The van der Waals surface area contributed by atoms with Gasteiger partial charge in [0.1, 0.15) is 6.61 Å². The molecule has 128 valence electrons. The summed E-state index contributed by atoms with van der Waals surface area (Å²) in [6.45, 7) is 0.602. The molecule has 25 heavy (non-hydrogen) atoms. The number of carbonyl (C=O) groups excluding carboxylic acids is 1. The molecule has 3 rings (SSSR count). The van der Waals surface area contributed by atoms with Gasteiger partial charge in [-0.2, -0.15) is 0 Å². The molecule has 0 saturated heterocycles. The van der Waals surface area contributed by atoms with Gasteiger partial charge in [-0.25, -0.2) is 9.59 Å². The van der Waals surface area contributed by atoms with E-state index in [4.69, 9.17) is 9.84 Å². The Morgan fingerprint density at radius 1 is 1.04 bits per heavy atom. The van der Waals surface area contributed by atoms with Crippen LogP contribution in [0.15, 0.2) is 60.7 Å². The molecule has 0 atom stereocenters. The highest BCUT2D eigenvalue weighted by molar-refractivity contribution is 5.80. The van der Waals surface area contributed by atoms with Crippen LogP contribution in [0.5, 0.6) is 0 Å². The zero-order valence-electron chi connectivity index (χ0n) is 13.6. The number of amides is 1. The van der Waals surface area contributed by atoms with E-state index < -0.39 is 12.1 Å². The summed E-state index contributed by atoms with van der Waals surface area (Å²) in [6, 6.07) is 16.3. The van der Waals surface area contributed by atoms with Crippen molar-refractivity contribution in [2.45, 2.75) is 12.3 Å². The maximum Gasteiger partial charge on any atom is 0.407 e. The Bertz CT molecular complexity index is 767. The molecule has 0 saturated carbocycles. The second kappa shape index (κ2) is 7.66. The normalized spacial score (nSPS) is 12.6. The molecule has 0 radical (unpaired) electrons. The molecule has 0 bridgehead atoms. The van der Waals surface area contributed by atoms with Gasteiger partial charge in [0.15, 0.2) is 0 Å². The third-order valence-electron chi connectivity index (χ3n) is 4.18. The molecule has 2 aromatic carbocycles. The van der Waals surface area contributed by atoms with Gasteiger partial charge >= 0.3 is 12.1 Å². The Hall–Kier alpha value is -3.08. The van der Waals surface area contributed by atoms with E-state index in [-0.39, 0.29) is 12.5 Å². The molecule has 0 spiro atoms. The van der Waals surface area contributed by atoms with Gasteiger partial charge in [-0.3, -0.25) is 0 Å². The third kappa shape index (κ3) is 3.88. The smallest absolute Gasteiger partial charge is 0.407 e. The number of ether oxygens (including phenoxy) is 1. The van der Waals surface area contributed by atoms with Crippen LogP contribution in [0.3, 0.4) is 0 Å². The quantitative estimate of drug-likeness (QED) is 0.624. The van der Waals surface area contributed by atoms with Crippen molar-refractivity contribution in [3.63, 3.8) is 0 Å². The summed E-state index contributed by atoms with van der Waals surface area (Å²) >= 11 is 0. The molecule has 0 aromatic heterocycles. The van der Waals surface area contributed by atoms with Crippen molar-refractivity contribution in [2.24, 2.45) is 0 Å². The lowest BCUT2D eigenvalue weighted by atomic mass is 9.98. The molecule has 5 heteroatoms. The summed E-state index contributed by atoms with van der Waals surface area (Å²) in [5.41, 5.74) is 4.71. The highest BCUT2D eigenvalue weighted by atomic mass is 16.5. The number of hydrogen-bond acceptors (Lipinski definition) is 3. The second-order valence-corrected chi connectivity index (χ2v) is 5.78. The van der Waals surface area contributed by atoms with Crippen molar-refractivity contribution < 1.29 is 19.4 Å². The SMILES string of the molecule is O=C(O)/C=C/CCNC(=O)OCC1c2ccccc2-c2ccccc21. The van der Waals surface area contributed by atoms with E-state index in [2.05, 4.69) is 29.6 Å². The topological polar surface area (TPSA) is 75.6 Å². The first-order chi connectivity index (χ1) is 12.2. The number of fused-ring (bicyclic) bond motifs is 3. The highest BCUT2D eigenvalue weighted by Crippen LogP contribution is 2.44. The van der Waals surface area contributed by atoms with Crippen LogP contribution < -0.4 is 5.32 Å². The molecule has 0 heterocycles. The summed E-state index contributed by atoms with van der Waals surface area (Å²) in [6.07, 6.45) is 2.49. The first kappa shape index (κ1) is 16.8. The van der Waals surface area contributed by atoms with Crippen LogP contribution >= 0.6 is 0 Å². The maximum atomic E-state index is 11.8. The molecule has 0 unspecified atom stereocenters. The van der Waals surface area contributed by atoms with E-state index in [9.17, 15) is 9.59 Å². The predicted molar refractivity (Wildman–Crippen MR) is 94.5 cm³/mol. The van der Waals surface area contributed by atoms with Crippen LogP contribution in [-0.4, -0.2) is 30.3 Å². The Morgan fingerprint density at radius 2 is 1.64 bits per heavy atom. The van der Waals surface area contributed by atoms with E-state index in [1.807, 2.05) is 24.3 Å². The van der Waals surface area contributed by atoms with Crippen LogP contribution in [0.25, 0.3) is 11.1 Å². The summed E-state index contributed by atoms with van der Waals surface area (Å²) < 4.78 is 5.38. The minimum Gasteiger partial charge on any atom is -0.478 e. The van der Waals surface area contributed by atoms with E-state index in [0.29, 0.717) is 13.0 Å². The molecule has 1 aliphatic rings. The molecule has 1 amide bonds. The number of benzene rings is 2. The zero-order valence-corrected chi connectivity index (χ0v) is 13.6. The molecule has 0 fully saturated rings. The van der Waals surface area contributed by atoms with Gasteiger partial charge in [-0.1, -0.05) is 54.6 Å². The van der Waals surface area contributed by atoms with Crippen LogP contribution in [0, 0.1) is 0 Å². The Balaban J connectivity index is 1.58. The summed E-state index contributed by atoms with van der Waals surface area (Å²) in [4.78, 5) is 22.2. The van der Waals surface area contributed by atoms with Gasteiger partial charge in [-0.05, 0) is 28.7 Å². The number of carbonyl (C=O) groups is 2. The lowest BCUT2D eigenvalue weighted by Gasteiger charge is -2.14. The van der Waals surface area contributed by atoms with E-state index in [1.54, 1.807) is 0 Å². The molecule has 5 nitrogen and oxygen atoms in total. The standard InChI is InChI=1S/C20H19NO4/c22-19(23)11-5-6-12-21-20(24)25-13-18-16-9-3-1-7-14(16)15-8-2-4-10-17(15)18/h1-5,7-11,18H,6,12-13H2,(H,21,24)(H,22,23)/b11-5+. The zero-order chi connectivity index (χ0) is 17.6. The lowest BCUT2D eigenvalue weighted by Crippen LogP contribution is -2.26. The first-order valence-electron chi connectivity index (χ1n) is 8.15. The summed E-state index contributed by atoms with van der Waals surface area (Å²) in [7, 11) is 0. The van der Waals surface area contributed by atoms with E-state index in [0.717, 1.165) is 6.08 Å². The first-order valence-corrected chi connectivity index (χ1v) is 8.15. The van der Waals surface area contributed by atoms with Crippen molar-refractivity contribution in [1.29, 1.82) is 0 Å². The number of alkyl carbamates (subject to hydrolysis) is 1. The minimum absolute atomic E-state index is 0.0325. The molecular weight excluding hydrogens is 318 g/mol. The lowest BCUT2D eigenvalue weighted by molar-refractivity contribution is -0.131. The van der Waals surface area contributed by atoms with Crippen molar-refractivity contribution in [3.8, 4) is 11.1 Å². The van der Waals surface area contributed by atoms with Gasteiger partial charge in [0.2, 0.25) is 0 Å². The molecule has 1 aliphatic carbocycles. The fourth-order valence-electron chi connectivity index (χ4n) is 3.09. The van der Waals surface area contributed by atoms with Crippen LogP contribution in [0.1, 0.15) is 23.5 Å². The Kier molecular flexibility index (Phi) is 5.14. The third-order valence-corrected chi connectivity index (χ3v) is 4.18. The number of hydrogen-bond donors (Lipinski definition) is 2. The van der Waals surface area contributed by atoms with Crippen LogP contribution in [0.2, 0.25) is 0 Å². The van der Waals surface area contributed by atoms with Crippen molar-refractivity contribution in [3.05, 3.63) is 71.8 Å². The Morgan fingerprint density at radius 3 is 2.24 bits per heavy atom. The highest BCUT2D eigenvalue weighted by Gasteiger charge is 2.28. The second-order valence-electron chi connectivity index (χ2n) is 5.78. The van der Waals surface area contributed by atoms with Gasteiger partial charge in [-0.15, -0.1) is 0 Å². The van der Waals surface area contributed by atoms with Gasteiger partial charge < -0.3 is 15.2 Å². The molecule has 2 aromatic rings. The fraction of sp³-hybridized carbons (Fsp3) is 0.200. The minimum atomic E-state index is -0.999. The molecule has 2 N–H and O–H groups in total. The maximum absolute atomic E-state index is 11.8. The monoisotopic (exact) mass is 337 g/mol. The number of nitrogens with one attached hydrogen (secondary N) is 1. The summed E-state index contributed by atoms with van der Waals surface area (Å²) in [5, 5.41) is 11.1. The van der Waals surface area contributed by atoms with Gasteiger partial charge in [0.05, 0.1) is 0 Å². The number of aliphatic carboxylic acids is 1. The average Bonchev–Trinajstić information content (AvgIpc) is 2.93. The Labute approximate surface area is 145 Å². The largest absolute Gasteiger partial charge is 0.478 e. The van der Waals surface area contributed by atoms with Crippen molar-refractivity contribution >= 4 is 12.1 Å². The van der Waals surface area contributed by atoms with Gasteiger partial charge in [0, 0.05) is 18.5 Å². The molecular formula is C20H19NO4. The fourth-order valence-corrected chi connectivity index (χ4v) is 3.09. The predicted octanol–water partition coefficient (Wildman–Crippen LogP) is 3.56. The van der Waals surface area contributed by atoms with Gasteiger partial charge in [0.25, 0.3) is 0 Å². The number of rotatable bonds is 6. The van der Waals surface area contributed by atoms with Crippen molar-refractivity contribution in [1.82, 2.24) is 5.32 Å². The summed E-state index contributed by atoms with van der Waals surface area (Å²) in [5.74, 6) is -0.966. The molecule has 0 aliphatic heterocycles. The number of carboxylic acid groups (broad SMARTS) is 1. The average molecular weight is 337 g/mol. The number of carboxylic acids is 1. The van der Waals surface area contributed by atoms with Crippen LogP contribution in [-0.2, 0) is 9.53 Å². The van der Waals surface area contributed by atoms with Crippen molar-refractivity contribution in [2.75, 3.05) is 13.2 Å². The van der Waals surface area contributed by atoms with E-state index in [1.165, 1.54) is 28.3 Å². The van der Waals surface area contributed by atoms with Crippen LogP contribution in [0.4, 0.5) is 4.79 Å².